The monoisotopic (exact) mass is 399 g/mol. The highest BCUT2D eigenvalue weighted by molar-refractivity contribution is 6.09. The Balaban J connectivity index is 1.54. The van der Waals surface area contributed by atoms with Gasteiger partial charge in [0.15, 0.2) is 0 Å². The number of hydrogen-bond acceptors (Lipinski definition) is 4. The predicted molar refractivity (Wildman–Crippen MR) is 120 cm³/mol. The van der Waals surface area contributed by atoms with E-state index in [1.54, 1.807) is 7.11 Å². The van der Waals surface area contributed by atoms with Gasteiger partial charge in [0.25, 0.3) is 5.91 Å². The van der Waals surface area contributed by atoms with E-state index >= 15 is 0 Å². The largest absolute Gasteiger partial charge is 0.497 e. The summed E-state index contributed by atoms with van der Waals surface area (Å²) in [5.74, 6) is 1.39. The molecule has 2 N–H and O–H groups in total. The van der Waals surface area contributed by atoms with Crippen LogP contribution in [0.5, 0.6) is 5.75 Å². The summed E-state index contributed by atoms with van der Waals surface area (Å²) in [6.07, 6.45) is 3.90. The maximum Gasteiger partial charge on any atom is 0.252 e. The van der Waals surface area contributed by atoms with Gasteiger partial charge in [-0.3, -0.25) is 4.79 Å². The molecule has 1 aromatic heterocycles. The van der Waals surface area contributed by atoms with Gasteiger partial charge in [-0.15, -0.1) is 0 Å². The van der Waals surface area contributed by atoms with E-state index in [2.05, 4.69) is 16.7 Å². The Bertz CT molecular complexity index is 1130. The van der Waals surface area contributed by atoms with Gasteiger partial charge in [-0.2, -0.15) is 0 Å². The van der Waals surface area contributed by atoms with Gasteiger partial charge in [0, 0.05) is 30.9 Å². The third kappa shape index (κ3) is 3.46. The molecule has 0 radical (unpaired) electrons. The van der Waals surface area contributed by atoms with E-state index in [1.165, 1.54) is 5.57 Å². The standard InChI is InChI=1S/C25H25N3O2/c1-30-19-9-6-16(7-10-19)12-18-8-11-21-23(25(29)27-15-17-13-26-14-17)20-4-2-3-5-22(20)28-24(18)21/h2-7,9-10,12,17,26H,8,11,13-15H2,1H3,(H,27,29)/b18-12-. The molecule has 5 heteroatoms. The van der Waals surface area contributed by atoms with Crippen LogP contribution in [0, 0.1) is 5.92 Å². The first kappa shape index (κ1) is 18.8. The molecule has 0 unspecified atom stereocenters. The number of para-hydroxylation sites is 1. The lowest BCUT2D eigenvalue weighted by Crippen LogP contribution is -2.48. The molecule has 0 spiro atoms. The molecule has 2 aromatic carbocycles. The van der Waals surface area contributed by atoms with E-state index in [-0.39, 0.29) is 5.91 Å². The van der Waals surface area contributed by atoms with Gasteiger partial charge in [0.05, 0.1) is 23.9 Å². The molecule has 0 saturated carbocycles. The van der Waals surface area contributed by atoms with Crippen LogP contribution in [-0.2, 0) is 6.42 Å². The van der Waals surface area contributed by atoms with Crippen LogP contribution < -0.4 is 15.4 Å². The zero-order valence-electron chi connectivity index (χ0n) is 17.1. The molecule has 1 aliphatic carbocycles. The highest BCUT2D eigenvalue weighted by Gasteiger charge is 2.27. The van der Waals surface area contributed by atoms with Crippen molar-refractivity contribution < 1.29 is 9.53 Å². The molecule has 3 aromatic rings. The molecule has 1 amide bonds. The van der Waals surface area contributed by atoms with Gasteiger partial charge in [0.2, 0.25) is 0 Å². The van der Waals surface area contributed by atoms with Gasteiger partial charge in [-0.1, -0.05) is 30.3 Å². The van der Waals surface area contributed by atoms with Gasteiger partial charge in [-0.05, 0) is 53.8 Å². The molecule has 5 nitrogen and oxygen atoms in total. The summed E-state index contributed by atoms with van der Waals surface area (Å²) in [4.78, 5) is 18.2. The second-order valence-corrected chi connectivity index (χ2v) is 8.01. The van der Waals surface area contributed by atoms with Crippen LogP contribution in [0.25, 0.3) is 22.6 Å². The number of rotatable bonds is 5. The minimum Gasteiger partial charge on any atom is -0.497 e. The molecule has 152 valence electrons. The molecule has 30 heavy (non-hydrogen) atoms. The highest BCUT2D eigenvalue weighted by Crippen LogP contribution is 2.37. The Hall–Kier alpha value is -3.18. The van der Waals surface area contributed by atoms with E-state index in [9.17, 15) is 4.79 Å². The molecule has 5 rings (SSSR count). The van der Waals surface area contributed by atoms with Crippen molar-refractivity contribution in [3.05, 3.63) is 70.9 Å². The third-order valence-corrected chi connectivity index (χ3v) is 6.04. The summed E-state index contributed by atoms with van der Waals surface area (Å²) in [6, 6.07) is 16.0. The Morgan fingerprint density at radius 1 is 1.17 bits per heavy atom. The number of carbonyl (C=O) groups is 1. The van der Waals surface area contributed by atoms with Crippen LogP contribution in [-0.4, -0.2) is 37.6 Å². The number of methoxy groups -OCH3 is 1. The summed E-state index contributed by atoms with van der Waals surface area (Å²) in [7, 11) is 1.67. The Morgan fingerprint density at radius 3 is 2.70 bits per heavy atom. The van der Waals surface area contributed by atoms with Crippen molar-refractivity contribution in [2.24, 2.45) is 5.92 Å². The zero-order valence-corrected chi connectivity index (χ0v) is 17.1. The van der Waals surface area contributed by atoms with Crippen molar-refractivity contribution in [2.45, 2.75) is 12.8 Å². The number of aromatic nitrogens is 1. The molecular weight excluding hydrogens is 374 g/mol. The van der Waals surface area contributed by atoms with Gasteiger partial charge < -0.3 is 15.4 Å². The number of hydrogen-bond donors (Lipinski definition) is 2. The van der Waals surface area contributed by atoms with Gasteiger partial charge >= 0.3 is 0 Å². The van der Waals surface area contributed by atoms with Crippen LogP contribution in [0.2, 0.25) is 0 Å². The molecule has 1 saturated heterocycles. The van der Waals surface area contributed by atoms with E-state index in [1.807, 2.05) is 48.5 Å². The number of pyridine rings is 1. The van der Waals surface area contributed by atoms with Crippen molar-refractivity contribution >= 4 is 28.5 Å². The van der Waals surface area contributed by atoms with Gasteiger partial charge in [-0.25, -0.2) is 4.98 Å². The first-order valence-electron chi connectivity index (χ1n) is 10.5. The zero-order chi connectivity index (χ0) is 20.5. The molecule has 1 aliphatic heterocycles. The Morgan fingerprint density at radius 2 is 1.97 bits per heavy atom. The first-order valence-corrected chi connectivity index (χ1v) is 10.5. The summed E-state index contributed by atoms with van der Waals surface area (Å²) < 4.78 is 5.26. The minimum absolute atomic E-state index is 0.0162. The fourth-order valence-corrected chi connectivity index (χ4v) is 4.26. The molecule has 0 bridgehead atoms. The highest BCUT2D eigenvalue weighted by atomic mass is 16.5. The second kappa shape index (κ2) is 7.92. The van der Waals surface area contributed by atoms with Crippen molar-refractivity contribution in [2.75, 3.05) is 26.7 Å². The third-order valence-electron chi connectivity index (χ3n) is 6.04. The smallest absolute Gasteiger partial charge is 0.252 e. The van der Waals surface area contributed by atoms with Crippen molar-refractivity contribution in [3.63, 3.8) is 0 Å². The average Bonchev–Trinajstić information content (AvgIpc) is 3.13. The number of amides is 1. The number of fused-ring (bicyclic) bond motifs is 2. The maximum atomic E-state index is 13.2. The van der Waals surface area contributed by atoms with E-state index in [0.29, 0.717) is 12.5 Å². The average molecular weight is 399 g/mol. The number of allylic oxidation sites excluding steroid dienone is 1. The van der Waals surface area contributed by atoms with E-state index in [4.69, 9.17) is 9.72 Å². The number of nitrogens with zero attached hydrogens (tertiary/aromatic N) is 1. The summed E-state index contributed by atoms with van der Waals surface area (Å²) in [5.41, 5.74) is 5.98. The quantitative estimate of drug-likeness (QED) is 0.687. The summed E-state index contributed by atoms with van der Waals surface area (Å²) >= 11 is 0. The Labute approximate surface area is 176 Å². The topological polar surface area (TPSA) is 63.2 Å². The second-order valence-electron chi connectivity index (χ2n) is 8.01. The number of benzene rings is 2. The predicted octanol–water partition coefficient (Wildman–Crippen LogP) is 3.68. The number of ether oxygens (including phenoxy) is 1. The lowest BCUT2D eigenvalue weighted by molar-refractivity contribution is 0.0943. The van der Waals surface area contributed by atoms with Gasteiger partial charge in [0.1, 0.15) is 5.75 Å². The summed E-state index contributed by atoms with van der Waals surface area (Å²) in [6.45, 7) is 2.67. The minimum atomic E-state index is 0.0162. The van der Waals surface area contributed by atoms with E-state index < -0.39 is 0 Å². The number of carbonyl (C=O) groups excluding carboxylic acids is 1. The van der Waals surface area contributed by atoms with Crippen LogP contribution in [0.1, 0.15) is 33.6 Å². The summed E-state index contributed by atoms with van der Waals surface area (Å²) in [5, 5.41) is 7.35. The molecule has 2 heterocycles. The number of nitrogens with one attached hydrogen (secondary N) is 2. The molecule has 1 fully saturated rings. The molecular formula is C25H25N3O2. The molecule has 2 aliphatic rings. The SMILES string of the molecule is COc1ccc(/C=C2/CCc3c2nc2ccccc2c3C(=O)NCC2CNC2)cc1. The first-order chi connectivity index (χ1) is 14.7. The maximum absolute atomic E-state index is 13.2. The van der Waals surface area contributed by atoms with Crippen LogP contribution in [0.3, 0.4) is 0 Å². The lowest BCUT2D eigenvalue weighted by Gasteiger charge is -2.27. The van der Waals surface area contributed by atoms with Crippen molar-refractivity contribution in [1.29, 1.82) is 0 Å². The van der Waals surface area contributed by atoms with Crippen LogP contribution in [0.4, 0.5) is 0 Å². The Kier molecular flexibility index (Phi) is 4.97. The lowest BCUT2D eigenvalue weighted by atomic mass is 9.99. The fraction of sp³-hybridized carbons (Fsp3) is 0.280. The molecule has 0 atom stereocenters. The van der Waals surface area contributed by atoms with Crippen molar-refractivity contribution in [1.82, 2.24) is 15.6 Å². The normalized spacial score (nSPS) is 17.0. The fourth-order valence-electron chi connectivity index (χ4n) is 4.26. The van der Waals surface area contributed by atoms with Crippen LogP contribution in [0.15, 0.2) is 48.5 Å². The van der Waals surface area contributed by atoms with Crippen LogP contribution >= 0.6 is 0 Å². The van der Waals surface area contributed by atoms with Crippen molar-refractivity contribution in [3.8, 4) is 5.75 Å². The van der Waals surface area contributed by atoms with E-state index in [0.717, 1.165) is 65.0 Å².